The summed E-state index contributed by atoms with van der Waals surface area (Å²) in [6.45, 7) is 0.171. The monoisotopic (exact) mass is 261 g/mol. The van der Waals surface area contributed by atoms with E-state index in [9.17, 15) is 17.6 Å². The molecular weight excluding hydrogens is 249 g/mol. The van der Waals surface area contributed by atoms with Crippen LogP contribution in [0.2, 0.25) is 0 Å². The van der Waals surface area contributed by atoms with E-state index in [2.05, 4.69) is 15.0 Å². The Morgan fingerprint density at radius 2 is 2.12 bits per heavy atom. The zero-order valence-electron chi connectivity index (χ0n) is 9.10. The van der Waals surface area contributed by atoms with Crippen molar-refractivity contribution >= 4 is 15.9 Å². The molecule has 0 radical (unpaired) electrons. The molecule has 2 N–H and O–H groups in total. The summed E-state index contributed by atoms with van der Waals surface area (Å²) in [5.41, 5.74) is -0.0515. The molecule has 1 aromatic rings. The molecule has 1 rings (SSSR count). The summed E-state index contributed by atoms with van der Waals surface area (Å²) in [5.74, 6) is -1.30. The number of amides is 1. The van der Waals surface area contributed by atoms with Crippen LogP contribution in [0.4, 0.5) is 4.39 Å². The number of sulfonamides is 1. The maximum atomic E-state index is 12.7. The average Bonchev–Trinajstić information content (AvgIpc) is 2.23. The molecule has 0 aliphatic heterocycles. The molecule has 1 aromatic heterocycles. The van der Waals surface area contributed by atoms with Crippen molar-refractivity contribution in [3.63, 3.8) is 0 Å². The zero-order chi connectivity index (χ0) is 12.9. The van der Waals surface area contributed by atoms with Gasteiger partial charge >= 0.3 is 0 Å². The largest absolute Gasteiger partial charge is 0.349 e. The Morgan fingerprint density at radius 3 is 2.71 bits per heavy atom. The summed E-state index contributed by atoms with van der Waals surface area (Å²) < 4.78 is 36.3. The first-order valence-corrected chi connectivity index (χ1v) is 6.63. The Kier molecular flexibility index (Phi) is 4.53. The van der Waals surface area contributed by atoms with Crippen molar-refractivity contribution < 1.29 is 17.6 Å². The first-order valence-electron chi connectivity index (χ1n) is 4.74. The van der Waals surface area contributed by atoms with E-state index >= 15 is 0 Å². The van der Waals surface area contributed by atoms with Crippen LogP contribution in [-0.4, -0.2) is 38.7 Å². The topological polar surface area (TPSA) is 88.2 Å². The lowest BCUT2D eigenvalue weighted by molar-refractivity contribution is 0.0948. The fourth-order valence-electron chi connectivity index (χ4n) is 1.04. The fraction of sp³-hybridized carbons (Fsp3) is 0.333. The summed E-state index contributed by atoms with van der Waals surface area (Å²) in [6.07, 6.45) is 1.02. The summed E-state index contributed by atoms with van der Waals surface area (Å²) in [7, 11) is -3.27. The van der Waals surface area contributed by atoms with E-state index in [-0.39, 0.29) is 18.8 Å². The minimum absolute atomic E-state index is 0.0515. The lowest BCUT2D eigenvalue weighted by atomic mass is 10.3. The fourth-order valence-corrected chi connectivity index (χ4v) is 1.51. The van der Waals surface area contributed by atoms with Crippen LogP contribution in [0.25, 0.3) is 0 Å². The Balaban J connectivity index is 2.41. The molecule has 0 fully saturated rings. The second-order valence-electron chi connectivity index (χ2n) is 3.27. The van der Waals surface area contributed by atoms with Gasteiger partial charge < -0.3 is 5.32 Å². The highest BCUT2D eigenvalue weighted by Crippen LogP contribution is 1.96. The first kappa shape index (κ1) is 13.5. The van der Waals surface area contributed by atoms with E-state index in [0.717, 1.165) is 12.3 Å². The summed E-state index contributed by atoms with van der Waals surface area (Å²) in [5, 5.41) is 2.40. The molecule has 6 nitrogen and oxygen atoms in total. The quantitative estimate of drug-likeness (QED) is 0.552. The van der Waals surface area contributed by atoms with Crippen molar-refractivity contribution in [3.8, 4) is 0 Å². The molecule has 1 heterocycles. The van der Waals surface area contributed by atoms with Crippen LogP contribution in [0.5, 0.6) is 0 Å². The van der Waals surface area contributed by atoms with Gasteiger partial charge in [0.1, 0.15) is 5.69 Å². The predicted molar refractivity (Wildman–Crippen MR) is 59.4 cm³/mol. The van der Waals surface area contributed by atoms with Gasteiger partial charge in [-0.3, -0.25) is 4.79 Å². The van der Waals surface area contributed by atoms with Gasteiger partial charge in [-0.15, -0.1) is 0 Å². The van der Waals surface area contributed by atoms with Crippen LogP contribution in [0.1, 0.15) is 10.5 Å². The van der Waals surface area contributed by atoms with E-state index in [0.29, 0.717) is 0 Å². The van der Waals surface area contributed by atoms with E-state index in [1.54, 1.807) is 0 Å². The summed E-state index contributed by atoms with van der Waals surface area (Å²) in [6, 6.07) is 3.86. The molecule has 0 saturated carbocycles. The average molecular weight is 261 g/mol. The van der Waals surface area contributed by atoms with Crippen molar-refractivity contribution in [1.29, 1.82) is 0 Å². The molecule has 0 bridgehead atoms. The van der Waals surface area contributed by atoms with Gasteiger partial charge in [0.25, 0.3) is 5.91 Å². The van der Waals surface area contributed by atoms with Gasteiger partial charge in [0.2, 0.25) is 16.0 Å². The highest BCUT2D eigenvalue weighted by molar-refractivity contribution is 7.88. The van der Waals surface area contributed by atoms with E-state index in [1.165, 1.54) is 12.1 Å². The minimum atomic E-state index is -3.27. The van der Waals surface area contributed by atoms with Gasteiger partial charge in [-0.25, -0.2) is 18.1 Å². The van der Waals surface area contributed by atoms with Crippen LogP contribution in [0, 0.1) is 5.95 Å². The molecular formula is C9H12FN3O3S. The molecule has 0 unspecified atom stereocenters. The standard InChI is InChI=1S/C9H12FN3O3S/c1-17(15,16)12-6-5-11-9(14)7-3-2-4-8(10)13-7/h2-4,12H,5-6H2,1H3,(H,11,14). The molecule has 94 valence electrons. The van der Waals surface area contributed by atoms with Crippen LogP contribution in [0.3, 0.4) is 0 Å². The molecule has 8 heteroatoms. The Labute approximate surface area is 98.3 Å². The predicted octanol–water partition coefficient (Wildman–Crippen LogP) is -0.500. The van der Waals surface area contributed by atoms with E-state index in [4.69, 9.17) is 0 Å². The Bertz CT molecular complexity index is 504. The third kappa shape index (κ3) is 5.36. The van der Waals surface area contributed by atoms with E-state index < -0.39 is 21.9 Å². The normalized spacial score (nSPS) is 11.2. The van der Waals surface area contributed by atoms with Gasteiger partial charge in [-0.2, -0.15) is 4.39 Å². The molecule has 0 aromatic carbocycles. The Morgan fingerprint density at radius 1 is 1.41 bits per heavy atom. The number of carbonyl (C=O) groups excluding carboxylic acids is 1. The first-order chi connectivity index (χ1) is 7.88. The lowest BCUT2D eigenvalue weighted by Gasteiger charge is -2.04. The number of hydrogen-bond donors (Lipinski definition) is 2. The van der Waals surface area contributed by atoms with Gasteiger partial charge in [-0.05, 0) is 12.1 Å². The third-order valence-electron chi connectivity index (χ3n) is 1.72. The molecule has 1 amide bonds. The van der Waals surface area contributed by atoms with Crippen molar-refractivity contribution in [3.05, 3.63) is 29.8 Å². The highest BCUT2D eigenvalue weighted by atomic mass is 32.2. The molecule has 0 aliphatic carbocycles. The SMILES string of the molecule is CS(=O)(=O)NCCNC(=O)c1cccc(F)n1. The molecule has 0 aliphatic rings. The number of carbonyl (C=O) groups is 1. The second-order valence-corrected chi connectivity index (χ2v) is 5.10. The van der Waals surface area contributed by atoms with Crippen molar-refractivity contribution in [2.75, 3.05) is 19.3 Å². The van der Waals surface area contributed by atoms with Crippen LogP contribution in [0.15, 0.2) is 18.2 Å². The number of halogens is 1. The summed E-state index contributed by atoms with van der Waals surface area (Å²) >= 11 is 0. The number of hydrogen-bond acceptors (Lipinski definition) is 4. The van der Waals surface area contributed by atoms with Crippen molar-refractivity contribution in [2.45, 2.75) is 0 Å². The van der Waals surface area contributed by atoms with Gasteiger partial charge in [0.15, 0.2) is 0 Å². The number of pyridine rings is 1. The number of aromatic nitrogens is 1. The van der Waals surface area contributed by atoms with Gasteiger partial charge in [0, 0.05) is 13.1 Å². The lowest BCUT2D eigenvalue weighted by Crippen LogP contribution is -2.34. The van der Waals surface area contributed by atoms with Crippen LogP contribution >= 0.6 is 0 Å². The van der Waals surface area contributed by atoms with Crippen molar-refractivity contribution in [2.24, 2.45) is 0 Å². The molecule has 0 saturated heterocycles. The maximum absolute atomic E-state index is 12.7. The van der Waals surface area contributed by atoms with Crippen molar-refractivity contribution in [1.82, 2.24) is 15.0 Å². The second kappa shape index (κ2) is 5.69. The smallest absolute Gasteiger partial charge is 0.270 e. The molecule has 0 atom stereocenters. The minimum Gasteiger partial charge on any atom is -0.349 e. The highest BCUT2D eigenvalue weighted by Gasteiger charge is 2.07. The molecule has 0 spiro atoms. The zero-order valence-corrected chi connectivity index (χ0v) is 9.92. The van der Waals surface area contributed by atoms with Crippen LogP contribution < -0.4 is 10.0 Å². The number of rotatable bonds is 5. The summed E-state index contributed by atoms with van der Waals surface area (Å²) in [4.78, 5) is 14.8. The van der Waals surface area contributed by atoms with E-state index in [1.807, 2.05) is 0 Å². The molecule has 17 heavy (non-hydrogen) atoms. The number of nitrogens with zero attached hydrogens (tertiary/aromatic N) is 1. The Hall–Kier alpha value is -1.54. The maximum Gasteiger partial charge on any atom is 0.270 e. The van der Waals surface area contributed by atoms with Gasteiger partial charge in [-0.1, -0.05) is 6.07 Å². The van der Waals surface area contributed by atoms with Crippen LogP contribution in [-0.2, 0) is 10.0 Å². The third-order valence-corrected chi connectivity index (χ3v) is 2.45. The van der Waals surface area contributed by atoms with Gasteiger partial charge in [0.05, 0.1) is 6.26 Å². The number of nitrogens with one attached hydrogen (secondary N) is 2.